The minimum atomic E-state index is 0.309. The lowest BCUT2D eigenvalue weighted by Crippen LogP contribution is -2.33. The highest BCUT2D eigenvalue weighted by Crippen LogP contribution is 2.31. The van der Waals surface area contributed by atoms with Crippen LogP contribution in [0.5, 0.6) is 0 Å². The maximum absolute atomic E-state index is 6.28. The first-order valence-electron chi connectivity index (χ1n) is 6.38. The Bertz CT molecular complexity index is 391. The van der Waals surface area contributed by atoms with Crippen molar-refractivity contribution in [2.45, 2.75) is 31.2 Å². The van der Waals surface area contributed by atoms with E-state index in [1.807, 2.05) is 18.2 Å². The summed E-state index contributed by atoms with van der Waals surface area (Å²) in [6, 6.07) is 5.87. The number of anilines is 1. The number of halogens is 2. The smallest absolute Gasteiger partial charge is 0.0749 e. The largest absolute Gasteiger partial charge is 0.376 e. The average molecular weight is 288 g/mol. The monoisotopic (exact) mass is 287 g/mol. The number of hydrogen-bond acceptors (Lipinski definition) is 2. The van der Waals surface area contributed by atoms with Crippen molar-refractivity contribution >= 4 is 28.9 Å². The highest BCUT2D eigenvalue weighted by molar-refractivity contribution is 6.33. The molecule has 1 heterocycles. The molecule has 0 saturated carbocycles. The van der Waals surface area contributed by atoms with E-state index in [1.165, 1.54) is 12.8 Å². The Kier molecular flexibility index (Phi) is 5.16. The van der Waals surface area contributed by atoms with Gasteiger partial charge in [0.05, 0.1) is 16.8 Å². The van der Waals surface area contributed by atoms with Gasteiger partial charge in [-0.25, -0.2) is 0 Å². The first-order valence-corrected chi connectivity index (χ1v) is 7.29. The summed E-state index contributed by atoms with van der Waals surface area (Å²) in [5, 5.41) is 0.756. The quantitative estimate of drug-likeness (QED) is 0.774. The third-order valence-corrected chi connectivity index (χ3v) is 3.94. The van der Waals surface area contributed by atoms with Crippen LogP contribution >= 0.6 is 23.2 Å². The van der Waals surface area contributed by atoms with Gasteiger partial charge >= 0.3 is 0 Å². The molecule has 1 unspecified atom stereocenters. The lowest BCUT2D eigenvalue weighted by Gasteiger charge is -2.30. The fourth-order valence-electron chi connectivity index (χ4n) is 2.44. The first kappa shape index (κ1) is 14.0. The number of para-hydroxylation sites is 1. The Morgan fingerprint density at radius 2 is 2.22 bits per heavy atom. The van der Waals surface area contributed by atoms with E-state index in [-0.39, 0.29) is 0 Å². The van der Waals surface area contributed by atoms with Crippen LogP contribution in [0.25, 0.3) is 0 Å². The molecule has 100 valence electrons. The molecule has 2 nitrogen and oxygen atoms in total. The van der Waals surface area contributed by atoms with Crippen LogP contribution in [-0.4, -0.2) is 26.3 Å². The second kappa shape index (κ2) is 6.65. The predicted molar refractivity (Wildman–Crippen MR) is 77.9 cm³/mol. The summed E-state index contributed by atoms with van der Waals surface area (Å²) in [6.07, 6.45) is 3.87. The number of ether oxygens (including phenoxy) is 1. The van der Waals surface area contributed by atoms with E-state index in [0.717, 1.165) is 35.8 Å². The van der Waals surface area contributed by atoms with Crippen LogP contribution in [0.2, 0.25) is 5.02 Å². The fraction of sp³-hybridized carbons (Fsp3) is 0.571. The van der Waals surface area contributed by atoms with Gasteiger partial charge in [0, 0.05) is 26.1 Å². The summed E-state index contributed by atoms with van der Waals surface area (Å²) in [5.41, 5.74) is 2.10. The molecule has 4 heteroatoms. The summed E-state index contributed by atoms with van der Waals surface area (Å²) in [5.74, 6) is 0.478. The first-order chi connectivity index (χ1) is 8.72. The highest BCUT2D eigenvalue weighted by atomic mass is 35.5. The number of nitrogens with zero attached hydrogens (tertiary/aromatic N) is 1. The lowest BCUT2D eigenvalue weighted by atomic mass is 10.1. The third-order valence-electron chi connectivity index (χ3n) is 3.35. The molecular weight excluding hydrogens is 269 g/mol. The van der Waals surface area contributed by atoms with Crippen molar-refractivity contribution in [2.75, 3.05) is 25.1 Å². The van der Waals surface area contributed by atoms with Gasteiger partial charge in [-0.05, 0) is 30.9 Å². The molecule has 1 aliphatic rings. The highest BCUT2D eigenvalue weighted by Gasteiger charge is 2.18. The van der Waals surface area contributed by atoms with Crippen molar-refractivity contribution in [1.29, 1.82) is 0 Å². The van der Waals surface area contributed by atoms with Gasteiger partial charge in [0.2, 0.25) is 0 Å². The average Bonchev–Trinajstić information content (AvgIpc) is 2.39. The van der Waals surface area contributed by atoms with Crippen LogP contribution in [-0.2, 0) is 10.6 Å². The zero-order valence-electron chi connectivity index (χ0n) is 10.7. The standard InChI is InChI=1S/C14H19Cl2NO/c1-17(10-12-6-2-3-8-18-12)14-11(9-15)5-4-7-13(14)16/h4-5,7,12H,2-3,6,8-10H2,1H3. The summed E-state index contributed by atoms with van der Waals surface area (Å²) in [6.45, 7) is 1.75. The summed E-state index contributed by atoms with van der Waals surface area (Å²) in [7, 11) is 2.05. The van der Waals surface area contributed by atoms with Crippen molar-refractivity contribution in [3.05, 3.63) is 28.8 Å². The molecule has 1 fully saturated rings. The maximum Gasteiger partial charge on any atom is 0.0749 e. The van der Waals surface area contributed by atoms with Crippen LogP contribution in [0, 0.1) is 0 Å². The topological polar surface area (TPSA) is 12.5 Å². The SMILES string of the molecule is CN(CC1CCCCO1)c1c(Cl)cccc1CCl. The van der Waals surface area contributed by atoms with E-state index < -0.39 is 0 Å². The predicted octanol–water partition coefficient (Wildman–Crippen LogP) is 4.08. The van der Waals surface area contributed by atoms with Crippen molar-refractivity contribution in [1.82, 2.24) is 0 Å². The fourth-order valence-corrected chi connectivity index (χ4v) is 3.00. The number of likely N-dealkylation sites (N-methyl/N-ethyl adjacent to an activating group) is 1. The molecule has 1 aromatic rings. The van der Waals surface area contributed by atoms with Crippen molar-refractivity contribution < 1.29 is 4.74 Å². The van der Waals surface area contributed by atoms with E-state index in [1.54, 1.807) is 0 Å². The Morgan fingerprint density at radius 3 is 2.89 bits per heavy atom. The zero-order chi connectivity index (χ0) is 13.0. The van der Waals surface area contributed by atoms with E-state index in [4.69, 9.17) is 27.9 Å². The molecule has 1 aromatic carbocycles. The normalized spacial score (nSPS) is 19.8. The van der Waals surface area contributed by atoms with Gasteiger partial charge in [0.15, 0.2) is 0 Å². The van der Waals surface area contributed by atoms with Crippen molar-refractivity contribution in [3.8, 4) is 0 Å². The molecule has 0 amide bonds. The molecule has 1 atom stereocenters. The van der Waals surface area contributed by atoms with Gasteiger partial charge in [-0.3, -0.25) is 0 Å². The van der Waals surface area contributed by atoms with Crippen LogP contribution in [0.15, 0.2) is 18.2 Å². The van der Waals surface area contributed by atoms with Gasteiger partial charge in [-0.2, -0.15) is 0 Å². The van der Waals surface area contributed by atoms with Gasteiger partial charge in [-0.15, -0.1) is 11.6 Å². The zero-order valence-corrected chi connectivity index (χ0v) is 12.2. The minimum absolute atomic E-state index is 0.309. The Hall–Kier alpha value is -0.440. The minimum Gasteiger partial charge on any atom is -0.376 e. The van der Waals surface area contributed by atoms with Crippen molar-refractivity contribution in [2.24, 2.45) is 0 Å². The van der Waals surface area contributed by atoms with Crippen LogP contribution in [0.1, 0.15) is 24.8 Å². The molecule has 0 N–H and O–H groups in total. The van der Waals surface area contributed by atoms with Crippen LogP contribution in [0.3, 0.4) is 0 Å². The Morgan fingerprint density at radius 1 is 1.39 bits per heavy atom. The van der Waals surface area contributed by atoms with E-state index in [0.29, 0.717) is 12.0 Å². The maximum atomic E-state index is 6.28. The van der Waals surface area contributed by atoms with E-state index in [9.17, 15) is 0 Å². The Balaban J connectivity index is 2.09. The molecule has 18 heavy (non-hydrogen) atoms. The number of benzene rings is 1. The molecule has 0 aliphatic carbocycles. The number of hydrogen-bond donors (Lipinski definition) is 0. The summed E-state index contributed by atoms with van der Waals surface area (Å²) < 4.78 is 5.77. The van der Waals surface area contributed by atoms with E-state index >= 15 is 0 Å². The van der Waals surface area contributed by atoms with Crippen LogP contribution < -0.4 is 4.90 Å². The lowest BCUT2D eigenvalue weighted by molar-refractivity contribution is 0.0216. The molecular formula is C14H19Cl2NO. The molecule has 0 aromatic heterocycles. The van der Waals surface area contributed by atoms with Crippen molar-refractivity contribution in [3.63, 3.8) is 0 Å². The molecule has 0 radical (unpaired) electrons. The molecule has 1 aliphatic heterocycles. The Labute approximate surface area is 119 Å². The van der Waals surface area contributed by atoms with Gasteiger partial charge < -0.3 is 9.64 Å². The third kappa shape index (κ3) is 3.31. The number of rotatable bonds is 4. The van der Waals surface area contributed by atoms with Crippen LogP contribution in [0.4, 0.5) is 5.69 Å². The molecule has 1 saturated heterocycles. The van der Waals surface area contributed by atoms with Gasteiger partial charge in [0.1, 0.15) is 0 Å². The van der Waals surface area contributed by atoms with E-state index in [2.05, 4.69) is 11.9 Å². The van der Waals surface area contributed by atoms with Gasteiger partial charge in [-0.1, -0.05) is 23.7 Å². The summed E-state index contributed by atoms with van der Waals surface area (Å²) in [4.78, 5) is 2.16. The van der Waals surface area contributed by atoms with Gasteiger partial charge in [0.25, 0.3) is 0 Å². The summed E-state index contributed by atoms with van der Waals surface area (Å²) >= 11 is 12.3. The second-order valence-corrected chi connectivity index (χ2v) is 5.42. The molecule has 0 bridgehead atoms. The molecule has 2 rings (SSSR count). The second-order valence-electron chi connectivity index (χ2n) is 4.75. The number of alkyl halides is 1. The molecule has 0 spiro atoms.